The number of hydrogen-bond donors (Lipinski definition) is 1. The first-order chi connectivity index (χ1) is 14.7. The molecule has 2 aromatic rings. The van der Waals surface area contributed by atoms with E-state index in [1.807, 2.05) is 37.3 Å². The molecule has 1 aliphatic heterocycles. The summed E-state index contributed by atoms with van der Waals surface area (Å²) in [6.07, 6.45) is 0.0409. The largest absolute Gasteiger partial charge is 0.487 e. The highest BCUT2D eigenvalue weighted by atomic mass is 35.5. The first-order valence-corrected chi connectivity index (χ1v) is 10.7. The summed E-state index contributed by atoms with van der Waals surface area (Å²) in [5.41, 5.74) is -2.45. The number of hydrogen-bond acceptors (Lipinski definition) is 5. The molecule has 1 heterocycles. The number of nitrogens with one attached hydrogen (secondary N) is 1. The lowest BCUT2D eigenvalue weighted by molar-refractivity contribution is -0.129. The minimum Gasteiger partial charge on any atom is -0.420 e. The molecule has 31 heavy (non-hydrogen) atoms. The Kier molecular flexibility index (Phi) is 7.50. The number of nitrogens with zero attached hydrogens (tertiary/aromatic N) is 2. The first-order valence-electron chi connectivity index (χ1n) is 9.48. The first kappa shape index (κ1) is 23.0. The zero-order valence-corrected chi connectivity index (χ0v) is 18.1. The van der Waals surface area contributed by atoms with Gasteiger partial charge in [0.2, 0.25) is 11.8 Å². The molecule has 2 amide bonds. The van der Waals surface area contributed by atoms with E-state index in [1.54, 1.807) is 0 Å². The molecular weight excluding hydrogens is 448 g/mol. The maximum atomic E-state index is 13.0. The van der Waals surface area contributed by atoms with Crippen molar-refractivity contribution in [2.45, 2.75) is 30.7 Å². The van der Waals surface area contributed by atoms with Crippen LogP contribution in [-0.2, 0) is 16.1 Å². The fraction of sp³-hybridized carbons (Fsp3) is 0.286. The summed E-state index contributed by atoms with van der Waals surface area (Å²) >= 11 is 5.98. The van der Waals surface area contributed by atoms with Gasteiger partial charge in [0.1, 0.15) is 11.0 Å². The van der Waals surface area contributed by atoms with Crippen LogP contribution in [-0.4, -0.2) is 39.2 Å². The van der Waals surface area contributed by atoms with Gasteiger partial charge in [0, 0.05) is 24.6 Å². The normalized spacial score (nSPS) is 17.8. The second kappa shape index (κ2) is 10.1. The quantitative estimate of drug-likeness (QED) is 0.580. The van der Waals surface area contributed by atoms with E-state index in [4.69, 9.17) is 11.6 Å². The van der Waals surface area contributed by atoms with Crippen LogP contribution < -0.4 is 10.1 Å². The maximum absolute atomic E-state index is 13.0. The van der Waals surface area contributed by atoms with Crippen LogP contribution in [0.4, 0.5) is 14.5 Å². The summed E-state index contributed by atoms with van der Waals surface area (Å²) in [7, 11) is 0. The van der Waals surface area contributed by atoms with Crippen molar-refractivity contribution in [3.63, 3.8) is 0 Å². The SMILES string of the molecule is CCNC(=O)C[C@@H]1SC(=Nc2ccc(OC(F)(F)Cl)cc2)N(Cc2ccccc2)C1=O. The zero-order valence-electron chi connectivity index (χ0n) is 16.6. The molecule has 1 fully saturated rings. The number of amides is 2. The molecule has 1 aliphatic rings. The van der Waals surface area contributed by atoms with Crippen molar-refractivity contribution in [3.8, 4) is 5.75 Å². The van der Waals surface area contributed by atoms with Gasteiger partial charge in [0.15, 0.2) is 5.17 Å². The van der Waals surface area contributed by atoms with Gasteiger partial charge in [0.05, 0.1) is 12.2 Å². The van der Waals surface area contributed by atoms with Gasteiger partial charge in [-0.05, 0) is 36.8 Å². The molecule has 3 rings (SSSR count). The second-order valence-corrected chi connectivity index (χ2v) is 8.22. The lowest BCUT2D eigenvalue weighted by atomic mass is 10.2. The highest BCUT2D eigenvalue weighted by Crippen LogP contribution is 2.33. The van der Waals surface area contributed by atoms with Gasteiger partial charge in [-0.2, -0.15) is 0 Å². The minimum absolute atomic E-state index is 0.0409. The van der Waals surface area contributed by atoms with Gasteiger partial charge in [0.25, 0.3) is 0 Å². The fourth-order valence-electron chi connectivity index (χ4n) is 2.91. The van der Waals surface area contributed by atoms with Crippen molar-refractivity contribution >= 4 is 46.0 Å². The van der Waals surface area contributed by atoms with Gasteiger partial charge in [-0.15, -0.1) is 8.78 Å². The topological polar surface area (TPSA) is 71.0 Å². The number of rotatable bonds is 8. The summed E-state index contributed by atoms with van der Waals surface area (Å²) in [6, 6.07) is 15.0. The molecule has 10 heteroatoms. The number of alkyl halides is 3. The summed E-state index contributed by atoms with van der Waals surface area (Å²) in [5, 5.41) is 2.54. The number of amidine groups is 1. The molecule has 0 bridgehead atoms. The number of benzene rings is 2. The van der Waals surface area contributed by atoms with Crippen molar-refractivity contribution in [3.05, 3.63) is 60.2 Å². The molecule has 0 saturated carbocycles. The van der Waals surface area contributed by atoms with E-state index < -0.39 is 10.8 Å². The molecule has 6 nitrogen and oxygen atoms in total. The molecule has 2 aromatic carbocycles. The van der Waals surface area contributed by atoms with Crippen molar-refractivity contribution in [1.29, 1.82) is 0 Å². The molecule has 1 saturated heterocycles. The predicted octanol–water partition coefficient (Wildman–Crippen LogP) is 4.51. The van der Waals surface area contributed by atoms with Crippen LogP contribution in [0.15, 0.2) is 59.6 Å². The minimum atomic E-state index is -3.81. The van der Waals surface area contributed by atoms with Crippen LogP contribution >= 0.6 is 23.4 Å². The Labute approximate surface area is 187 Å². The Morgan fingerprint density at radius 3 is 2.52 bits per heavy atom. The smallest absolute Gasteiger partial charge is 0.420 e. The molecule has 0 unspecified atom stereocenters. The van der Waals surface area contributed by atoms with Gasteiger partial charge >= 0.3 is 5.57 Å². The molecule has 1 N–H and O–H groups in total. The van der Waals surface area contributed by atoms with E-state index in [1.165, 1.54) is 40.9 Å². The second-order valence-electron chi connectivity index (χ2n) is 6.61. The van der Waals surface area contributed by atoms with E-state index in [0.29, 0.717) is 23.9 Å². The van der Waals surface area contributed by atoms with E-state index in [2.05, 4.69) is 15.0 Å². The van der Waals surface area contributed by atoms with Crippen LogP contribution in [0, 0.1) is 0 Å². The molecule has 0 radical (unpaired) electrons. The summed E-state index contributed by atoms with van der Waals surface area (Å²) in [5.74, 6) is -0.535. The number of carbonyl (C=O) groups excluding carboxylic acids is 2. The number of carbonyl (C=O) groups is 2. The molecular formula is C21H20ClF2N3O3S. The van der Waals surface area contributed by atoms with Crippen molar-refractivity contribution < 1.29 is 23.1 Å². The average molecular weight is 468 g/mol. The van der Waals surface area contributed by atoms with Crippen molar-refractivity contribution in [1.82, 2.24) is 10.2 Å². The fourth-order valence-corrected chi connectivity index (χ4v) is 4.15. The van der Waals surface area contributed by atoms with Crippen LogP contribution in [0.5, 0.6) is 5.75 Å². The number of thioether (sulfide) groups is 1. The standard InChI is InChI=1S/C21H20ClF2N3O3S/c1-2-25-18(28)12-17-19(29)27(13-14-6-4-3-5-7-14)20(31-17)26-15-8-10-16(11-9-15)30-21(22,23)24/h3-11,17H,2,12-13H2,1H3,(H,25,28)/t17-/m0/s1. The Bertz CT molecular complexity index is 953. The predicted molar refractivity (Wildman–Crippen MR) is 117 cm³/mol. The number of aliphatic imine (C=N–C) groups is 1. The van der Waals surface area contributed by atoms with E-state index in [0.717, 1.165) is 5.56 Å². The Morgan fingerprint density at radius 1 is 1.23 bits per heavy atom. The highest BCUT2D eigenvalue weighted by molar-refractivity contribution is 8.15. The van der Waals surface area contributed by atoms with Crippen molar-refractivity contribution in [2.75, 3.05) is 6.54 Å². The average Bonchev–Trinajstić information content (AvgIpc) is 2.98. The Hall–Kier alpha value is -2.65. The monoisotopic (exact) mass is 467 g/mol. The van der Waals surface area contributed by atoms with E-state index >= 15 is 0 Å². The lowest BCUT2D eigenvalue weighted by Crippen LogP contribution is -2.34. The van der Waals surface area contributed by atoms with Crippen molar-refractivity contribution in [2.24, 2.45) is 4.99 Å². The molecule has 0 aliphatic carbocycles. The molecule has 1 atom stereocenters. The van der Waals surface area contributed by atoms with Crippen LogP contribution in [0.25, 0.3) is 0 Å². The third-order valence-corrected chi connectivity index (χ3v) is 5.50. The van der Waals surface area contributed by atoms with E-state index in [-0.39, 0.29) is 24.0 Å². The zero-order chi connectivity index (χ0) is 22.4. The van der Waals surface area contributed by atoms with Crippen LogP contribution in [0.3, 0.4) is 0 Å². The van der Waals surface area contributed by atoms with Gasteiger partial charge in [-0.3, -0.25) is 14.5 Å². The van der Waals surface area contributed by atoms with Gasteiger partial charge < -0.3 is 10.1 Å². The lowest BCUT2D eigenvalue weighted by Gasteiger charge is -2.16. The molecule has 0 aromatic heterocycles. The van der Waals surface area contributed by atoms with Gasteiger partial charge in [-0.1, -0.05) is 42.1 Å². The summed E-state index contributed by atoms with van der Waals surface area (Å²) < 4.78 is 29.8. The molecule has 0 spiro atoms. The highest BCUT2D eigenvalue weighted by Gasteiger charge is 2.39. The number of halogens is 3. The summed E-state index contributed by atoms with van der Waals surface area (Å²) in [4.78, 5) is 31.0. The summed E-state index contributed by atoms with van der Waals surface area (Å²) in [6.45, 7) is 2.59. The Morgan fingerprint density at radius 2 is 1.90 bits per heavy atom. The van der Waals surface area contributed by atoms with E-state index in [9.17, 15) is 18.4 Å². The third kappa shape index (κ3) is 6.67. The third-order valence-electron chi connectivity index (χ3n) is 4.24. The maximum Gasteiger partial charge on any atom is 0.487 e. The number of ether oxygens (including phenoxy) is 1. The van der Waals surface area contributed by atoms with Crippen LogP contribution in [0.2, 0.25) is 0 Å². The Balaban J connectivity index is 1.83. The molecule has 164 valence electrons. The van der Waals surface area contributed by atoms with Crippen LogP contribution in [0.1, 0.15) is 18.9 Å². The van der Waals surface area contributed by atoms with Gasteiger partial charge in [-0.25, -0.2) is 4.99 Å².